The van der Waals surface area contributed by atoms with Crippen LogP contribution < -0.4 is 5.32 Å². The Morgan fingerprint density at radius 3 is 2.28 bits per heavy atom. The number of rotatable bonds is 6. The topological polar surface area (TPSA) is 86.7 Å². The first kappa shape index (κ1) is 20.6. The third-order valence-electron chi connectivity index (χ3n) is 5.32. The molecule has 0 bridgehead atoms. The number of hydrogen-bond donors (Lipinski definition) is 2. The molecule has 1 heterocycles. The molecule has 2 aromatic rings. The molecule has 3 rings (SSSR count). The van der Waals surface area contributed by atoms with Crippen LogP contribution in [0.1, 0.15) is 58.9 Å². The highest BCUT2D eigenvalue weighted by atomic mass is 16.4. The Morgan fingerprint density at radius 1 is 1.00 bits per heavy atom. The maximum atomic E-state index is 12.7. The number of benzene rings is 2. The summed E-state index contributed by atoms with van der Waals surface area (Å²) in [5, 5.41) is 11.7. The Morgan fingerprint density at radius 2 is 1.66 bits per heavy atom. The fourth-order valence-corrected chi connectivity index (χ4v) is 3.56. The second-order valence-corrected chi connectivity index (χ2v) is 7.47. The summed E-state index contributed by atoms with van der Waals surface area (Å²) in [6.07, 6.45) is 4.06. The molecular formula is C23H26N2O4. The van der Waals surface area contributed by atoms with E-state index >= 15 is 0 Å². The summed E-state index contributed by atoms with van der Waals surface area (Å²) < 4.78 is 0. The molecule has 6 heteroatoms. The molecule has 1 aliphatic heterocycles. The number of carboxylic acid groups (broad SMARTS) is 1. The minimum absolute atomic E-state index is 0.0416. The quantitative estimate of drug-likeness (QED) is 0.776. The van der Waals surface area contributed by atoms with Gasteiger partial charge in [0.1, 0.15) is 0 Å². The fraction of sp³-hybridized carbons (Fsp3) is 0.348. The van der Waals surface area contributed by atoms with Crippen molar-refractivity contribution in [1.82, 2.24) is 4.90 Å². The molecule has 2 aromatic carbocycles. The van der Waals surface area contributed by atoms with Gasteiger partial charge in [0.25, 0.3) is 5.91 Å². The van der Waals surface area contributed by atoms with Gasteiger partial charge < -0.3 is 15.3 Å². The summed E-state index contributed by atoms with van der Waals surface area (Å²) in [5.74, 6) is -1.05. The number of nitrogens with one attached hydrogen (secondary N) is 1. The van der Waals surface area contributed by atoms with Crippen LogP contribution in [0.3, 0.4) is 0 Å². The molecule has 2 amide bonds. The molecule has 0 aromatic heterocycles. The van der Waals surface area contributed by atoms with Gasteiger partial charge in [-0.1, -0.05) is 12.1 Å². The molecule has 0 aliphatic carbocycles. The molecule has 1 fully saturated rings. The van der Waals surface area contributed by atoms with E-state index in [1.165, 1.54) is 18.6 Å². The largest absolute Gasteiger partial charge is 0.478 e. The van der Waals surface area contributed by atoms with Crippen molar-refractivity contribution < 1.29 is 19.5 Å². The number of aromatic carboxylic acids is 1. The van der Waals surface area contributed by atoms with Gasteiger partial charge in [0.15, 0.2) is 0 Å². The Kier molecular flexibility index (Phi) is 6.65. The average Bonchev–Trinajstić information content (AvgIpc) is 2.73. The van der Waals surface area contributed by atoms with Crippen molar-refractivity contribution in [2.75, 3.05) is 11.9 Å². The fourth-order valence-electron chi connectivity index (χ4n) is 3.56. The summed E-state index contributed by atoms with van der Waals surface area (Å²) in [4.78, 5) is 37.6. The highest BCUT2D eigenvalue weighted by molar-refractivity contribution is 5.96. The molecule has 1 atom stereocenters. The van der Waals surface area contributed by atoms with Gasteiger partial charge in [-0.15, -0.1) is 0 Å². The van der Waals surface area contributed by atoms with Crippen LogP contribution in [0, 0.1) is 0 Å². The van der Waals surface area contributed by atoms with Gasteiger partial charge in [-0.25, -0.2) is 4.79 Å². The van der Waals surface area contributed by atoms with Crippen LogP contribution >= 0.6 is 0 Å². The third kappa shape index (κ3) is 5.44. The molecule has 6 nitrogen and oxygen atoms in total. The summed E-state index contributed by atoms with van der Waals surface area (Å²) in [6.45, 7) is 2.88. The maximum Gasteiger partial charge on any atom is 0.335 e. The number of anilines is 1. The zero-order chi connectivity index (χ0) is 20.8. The molecular weight excluding hydrogens is 368 g/mol. The van der Waals surface area contributed by atoms with E-state index in [2.05, 4.69) is 12.2 Å². The highest BCUT2D eigenvalue weighted by Crippen LogP contribution is 2.20. The lowest BCUT2D eigenvalue weighted by atomic mass is 10.0. The van der Waals surface area contributed by atoms with Crippen molar-refractivity contribution in [1.29, 1.82) is 0 Å². The van der Waals surface area contributed by atoms with Gasteiger partial charge in [0.2, 0.25) is 5.91 Å². The van der Waals surface area contributed by atoms with E-state index in [0.717, 1.165) is 24.9 Å². The van der Waals surface area contributed by atoms with Crippen molar-refractivity contribution in [3.05, 3.63) is 65.2 Å². The van der Waals surface area contributed by atoms with Crippen molar-refractivity contribution in [2.24, 2.45) is 0 Å². The normalized spacial score (nSPS) is 16.3. The molecule has 29 heavy (non-hydrogen) atoms. The number of likely N-dealkylation sites (tertiary alicyclic amines) is 1. The Hall–Kier alpha value is -3.15. The monoisotopic (exact) mass is 394 g/mol. The second kappa shape index (κ2) is 9.37. The Balaban J connectivity index is 1.51. The first-order chi connectivity index (χ1) is 13.9. The number of carbonyl (C=O) groups excluding carboxylic acids is 2. The number of nitrogens with zero attached hydrogens (tertiary/aromatic N) is 1. The van der Waals surface area contributed by atoms with E-state index < -0.39 is 5.97 Å². The van der Waals surface area contributed by atoms with E-state index in [4.69, 9.17) is 5.11 Å². The minimum atomic E-state index is -0.967. The molecule has 2 N–H and O–H groups in total. The van der Waals surface area contributed by atoms with E-state index in [0.29, 0.717) is 24.1 Å². The first-order valence-corrected chi connectivity index (χ1v) is 9.97. The molecule has 0 spiro atoms. The third-order valence-corrected chi connectivity index (χ3v) is 5.32. The molecule has 1 unspecified atom stereocenters. The molecule has 152 valence electrons. The number of hydrogen-bond acceptors (Lipinski definition) is 3. The molecule has 1 saturated heterocycles. The lowest BCUT2D eigenvalue weighted by Crippen LogP contribution is -2.42. The van der Waals surface area contributed by atoms with E-state index in [-0.39, 0.29) is 23.4 Å². The SMILES string of the molecule is CC1CCCCN1C(=O)c1ccc(NC(=O)CCc2ccc(C(=O)O)cc2)cc1. The van der Waals surface area contributed by atoms with Crippen LogP contribution in [0.2, 0.25) is 0 Å². The van der Waals surface area contributed by atoms with Gasteiger partial charge in [-0.05, 0) is 74.6 Å². The summed E-state index contributed by atoms with van der Waals surface area (Å²) >= 11 is 0. The van der Waals surface area contributed by atoms with Crippen LogP contribution in [0.25, 0.3) is 0 Å². The number of piperidine rings is 1. The number of aryl methyl sites for hydroxylation is 1. The average molecular weight is 394 g/mol. The highest BCUT2D eigenvalue weighted by Gasteiger charge is 2.24. The van der Waals surface area contributed by atoms with Gasteiger partial charge in [0.05, 0.1) is 5.56 Å². The summed E-state index contributed by atoms with van der Waals surface area (Å²) in [5.41, 5.74) is 2.42. The predicted molar refractivity (Wildman–Crippen MR) is 111 cm³/mol. The van der Waals surface area contributed by atoms with Crippen LogP contribution in [0.5, 0.6) is 0 Å². The Labute approximate surface area is 170 Å². The van der Waals surface area contributed by atoms with Crippen LogP contribution in [-0.4, -0.2) is 40.4 Å². The van der Waals surface area contributed by atoms with Crippen molar-refractivity contribution in [3.63, 3.8) is 0 Å². The van der Waals surface area contributed by atoms with Gasteiger partial charge in [-0.3, -0.25) is 9.59 Å². The first-order valence-electron chi connectivity index (χ1n) is 9.97. The predicted octanol–water partition coefficient (Wildman–Crippen LogP) is 3.97. The number of carboxylic acids is 1. The zero-order valence-electron chi connectivity index (χ0n) is 16.6. The van der Waals surface area contributed by atoms with E-state index in [9.17, 15) is 14.4 Å². The summed E-state index contributed by atoms with van der Waals surface area (Å²) in [7, 11) is 0. The lowest BCUT2D eigenvalue weighted by Gasteiger charge is -2.33. The Bertz CT molecular complexity index is 875. The van der Waals surface area contributed by atoms with Crippen molar-refractivity contribution in [2.45, 2.75) is 45.1 Å². The number of amides is 2. The summed E-state index contributed by atoms with van der Waals surface area (Å²) in [6, 6.07) is 13.8. The van der Waals surface area contributed by atoms with Crippen LogP contribution in [-0.2, 0) is 11.2 Å². The van der Waals surface area contributed by atoms with Gasteiger partial charge in [0, 0.05) is 30.3 Å². The standard InChI is InChI=1S/C23H26N2O4/c1-16-4-2-3-15-25(16)22(27)18-10-12-20(13-11-18)24-21(26)14-7-17-5-8-19(9-6-17)23(28)29/h5-6,8-13,16H,2-4,7,14-15H2,1H3,(H,24,26)(H,28,29). The lowest BCUT2D eigenvalue weighted by molar-refractivity contribution is -0.116. The second-order valence-electron chi connectivity index (χ2n) is 7.47. The van der Waals surface area contributed by atoms with E-state index in [1.807, 2.05) is 4.90 Å². The smallest absolute Gasteiger partial charge is 0.335 e. The molecule has 0 saturated carbocycles. The van der Waals surface area contributed by atoms with Gasteiger partial charge in [-0.2, -0.15) is 0 Å². The van der Waals surface area contributed by atoms with Crippen LogP contribution in [0.4, 0.5) is 5.69 Å². The van der Waals surface area contributed by atoms with Crippen molar-refractivity contribution >= 4 is 23.5 Å². The minimum Gasteiger partial charge on any atom is -0.478 e. The van der Waals surface area contributed by atoms with Crippen LogP contribution in [0.15, 0.2) is 48.5 Å². The van der Waals surface area contributed by atoms with Gasteiger partial charge >= 0.3 is 5.97 Å². The molecule has 1 aliphatic rings. The zero-order valence-corrected chi connectivity index (χ0v) is 16.6. The van der Waals surface area contributed by atoms with Crippen molar-refractivity contribution in [3.8, 4) is 0 Å². The molecule has 0 radical (unpaired) electrons. The number of carbonyl (C=O) groups is 3. The van der Waals surface area contributed by atoms with E-state index in [1.54, 1.807) is 36.4 Å². The maximum absolute atomic E-state index is 12.7.